The van der Waals surface area contributed by atoms with Crippen molar-refractivity contribution in [3.63, 3.8) is 0 Å². The van der Waals surface area contributed by atoms with Gasteiger partial charge in [-0.2, -0.15) is 10.2 Å². The van der Waals surface area contributed by atoms with E-state index in [2.05, 4.69) is 40.8 Å². The summed E-state index contributed by atoms with van der Waals surface area (Å²) < 4.78 is 73.4. The second-order valence-electron chi connectivity index (χ2n) is 15.6. The zero-order valence-electron chi connectivity index (χ0n) is 35.4. The monoisotopic (exact) mass is 871 g/mol. The Morgan fingerprint density at radius 3 is 1.78 bits per heavy atom. The summed E-state index contributed by atoms with van der Waals surface area (Å²) in [4.78, 5) is 31.4. The van der Waals surface area contributed by atoms with Crippen LogP contribution in [0.2, 0.25) is 0 Å². The Morgan fingerprint density at radius 2 is 1.23 bits per heavy atom. The molecule has 0 bridgehead atoms. The first kappa shape index (κ1) is 41.7. The Hall–Kier alpha value is -7.63. The van der Waals surface area contributed by atoms with Crippen molar-refractivity contribution in [2.75, 3.05) is 37.9 Å². The zero-order chi connectivity index (χ0) is 44.8. The summed E-state index contributed by atoms with van der Waals surface area (Å²) in [7, 11) is 2.92. The van der Waals surface area contributed by atoms with Gasteiger partial charge in [-0.25, -0.2) is 37.5 Å². The van der Waals surface area contributed by atoms with E-state index in [9.17, 15) is 18.0 Å². The minimum Gasteiger partial charge on any atom is -0.493 e. The van der Waals surface area contributed by atoms with Crippen LogP contribution in [0.25, 0.3) is 33.5 Å². The van der Waals surface area contributed by atoms with Crippen molar-refractivity contribution in [2.24, 2.45) is 0 Å². The van der Waals surface area contributed by atoms with Crippen molar-refractivity contribution in [3.05, 3.63) is 142 Å². The van der Waals surface area contributed by atoms with Crippen molar-refractivity contribution < 1.29 is 31.8 Å². The molecule has 5 aromatic heterocycles. The molecular formula is C46H41F4N11O3. The van der Waals surface area contributed by atoms with E-state index in [1.165, 1.54) is 49.5 Å². The number of nitrogens with one attached hydrogen (secondary N) is 2. The van der Waals surface area contributed by atoms with Gasteiger partial charge in [0.25, 0.3) is 5.91 Å². The fourth-order valence-electron chi connectivity index (χ4n) is 7.98. The largest absolute Gasteiger partial charge is 0.493 e. The van der Waals surface area contributed by atoms with E-state index in [0.717, 1.165) is 45.0 Å². The zero-order valence-corrected chi connectivity index (χ0v) is 35.4. The van der Waals surface area contributed by atoms with Crippen molar-refractivity contribution in [1.29, 1.82) is 0 Å². The molecule has 0 unspecified atom stereocenters. The van der Waals surface area contributed by atoms with E-state index in [4.69, 9.17) is 9.47 Å². The first-order chi connectivity index (χ1) is 30.9. The van der Waals surface area contributed by atoms with Crippen LogP contribution in [0.1, 0.15) is 49.7 Å². The minimum absolute atomic E-state index is 0.0727. The fourth-order valence-corrected chi connectivity index (χ4v) is 7.98. The number of carbonyl (C=O) groups is 1. The summed E-state index contributed by atoms with van der Waals surface area (Å²) in [5.41, 5.74) is 7.84. The Bertz CT molecular complexity index is 3130. The van der Waals surface area contributed by atoms with Gasteiger partial charge in [0.05, 0.1) is 42.1 Å². The number of halogens is 4. The molecule has 18 heteroatoms. The number of hydrogen-bond donors (Lipinski definition) is 2. The summed E-state index contributed by atoms with van der Waals surface area (Å²) in [6.45, 7) is 7.14. The van der Waals surface area contributed by atoms with Gasteiger partial charge in [0.1, 0.15) is 34.4 Å². The Labute approximate surface area is 364 Å². The van der Waals surface area contributed by atoms with E-state index in [0.29, 0.717) is 72.7 Å². The molecule has 0 radical (unpaired) electrons. The maximum Gasteiger partial charge on any atom is 0.256 e. The average molecular weight is 872 g/mol. The van der Waals surface area contributed by atoms with Gasteiger partial charge in [-0.3, -0.25) is 13.6 Å². The lowest BCUT2D eigenvalue weighted by molar-refractivity contribution is 0.0822. The standard InChI is InChI=1S/C25H22F3N5O2.C21H19FN6O/c1-13-12-33-23(31-13)18(15-4-5-16(22(28)21(15)27)24(34)32(2)3)11-30-25(33)29-10-17-14-8-9-35-20(14)7-6-19(17)26;1-12-7-14(8-25-27-12)16-9-23-21(28-11-13(2)26-20(16)28)24-10-17-15-5-6-29-19(15)4-3-18(17)22/h4-7,11-12H,8-10H2,1-3H3,(H,29,30);3-4,7-9,11H,5-6,10H2,1-2H3,(H,23,24). The number of hydrogen-bond acceptors (Lipinski definition) is 11. The predicted octanol–water partition coefficient (Wildman–Crippen LogP) is 7.86. The van der Waals surface area contributed by atoms with Crippen LogP contribution in [0.3, 0.4) is 0 Å². The number of aromatic nitrogens is 8. The molecule has 2 N–H and O–H groups in total. The topological polar surface area (TPSA) is 149 Å². The number of aryl methyl sites for hydroxylation is 3. The number of rotatable bonds is 9. The van der Waals surface area contributed by atoms with E-state index in [1.54, 1.807) is 42.0 Å². The number of nitrogens with zero attached hydrogens (tertiary/aromatic N) is 9. The molecule has 3 aromatic carbocycles. The fraction of sp³-hybridized carbons (Fsp3) is 0.239. The molecule has 0 atom stereocenters. The van der Waals surface area contributed by atoms with Gasteiger partial charge in [0.15, 0.2) is 11.6 Å². The van der Waals surface area contributed by atoms with Crippen LogP contribution in [0, 0.1) is 44.0 Å². The van der Waals surface area contributed by atoms with E-state index < -0.39 is 17.5 Å². The first-order valence-electron chi connectivity index (χ1n) is 20.4. The van der Waals surface area contributed by atoms with Crippen molar-refractivity contribution in [1.82, 2.24) is 43.8 Å². The number of ether oxygens (including phenoxy) is 2. The van der Waals surface area contributed by atoms with Gasteiger partial charge in [0, 0.05) is 109 Å². The number of amides is 1. The number of anilines is 2. The minimum atomic E-state index is -1.24. The molecule has 7 heterocycles. The third kappa shape index (κ3) is 7.75. The quantitative estimate of drug-likeness (QED) is 0.137. The normalized spacial score (nSPS) is 12.6. The van der Waals surface area contributed by atoms with Crippen LogP contribution < -0.4 is 20.1 Å². The van der Waals surface area contributed by atoms with Crippen LogP contribution in [-0.2, 0) is 25.9 Å². The highest BCUT2D eigenvalue weighted by molar-refractivity contribution is 5.95. The average Bonchev–Trinajstić information content (AvgIpc) is 4.11. The van der Waals surface area contributed by atoms with Crippen LogP contribution in [0.15, 0.2) is 73.4 Å². The summed E-state index contributed by atoms with van der Waals surface area (Å²) >= 11 is 0. The molecule has 64 heavy (non-hydrogen) atoms. The summed E-state index contributed by atoms with van der Waals surface area (Å²) in [5, 5.41) is 14.4. The van der Waals surface area contributed by atoms with Crippen LogP contribution >= 0.6 is 0 Å². The van der Waals surface area contributed by atoms with Gasteiger partial charge >= 0.3 is 0 Å². The van der Waals surface area contributed by atoms with Gasteiger partial charge in [-0.05, 0) is 57.2 Å². The molecule has 0 saturated heterocycles. The second kappa shape index (κ2) is 16.9. The SMILES string of the molecule is Cc1cc(-c2cnc(NCc3c(F)ccc4c3CCO4)n3cc(C)nc23)cnn1.Cc1cn2c(NCc3c(F)ccc4c3CCO4)ncc(-c3ccc(C(=O)N(C)C)c(F)c3F)c2n1. The third-order valence-electron chi connectivity index (χ3n) is 11.0. The van der Waals surface area contributed by atoms with Crippen molar-refractivity contribution >= 4 is 29.1 Å². The molecule has 0 aliphatic carbocycles. The molecule has 2 aliphatic heterocycles. The molecule has 326 valence electrons. The molecule has 0 fully saturated rings. The third-order valence-corrected chi connectivity index (χ3v) is 11.0. The Balaban J connectivity index is 0.000000165. The Kier molecular flexibility index (Phi) is 11.0. The number of carbonyl (C=O) groups excluding carboxylic acids is 1. The van der Waals surface area contributed by atoms with E-state index in [-0.39, 0.29) is 34.9 Å². The molecule has 1 amide bonds. The predicted molar refractivity (Wildman–Crippen MR) is 230 cm³/mol. The highest BCUT2D eigenvalue weighted by Gasteiger charge is 2.25. The van der Waals surface area contributed by atoms with Gasteiger partial charge < -0.3 is 25.0 Å². The number of benzene rings is 3. The number of fused-ring (bicyclic) bond motifs is 4. The van der Waals surface area contributed by atoms with Crippen molar-refractivity contribution in [2.45, 2.75) is 46.7 Å². The highest BCUT2D eigenvalue weighted by atomic mass is 19.2. The molecule has 0 spiro atoms. The second-order valence-corrected chi connectivity index (χ2v) is 15.6. The molecule has 14 nitrogen and oxygen atoms in total. The maximum absolute atomic E-state index is 15.1. The Morgan fingerprint density at radius 1 is 0.688 bits per heavy atom. The lowest BCUT2D eigenvalue weighted by atomic mass is 10.0. The van der Waals surface area contributed by atoms with Crippen LogP contribution in [0.4, 0.5) is 29.5 Å². The maximum atomic E-state index is 15.1. The molecular weight excluding hydrogens is 831 g/mol. The molecule has 0 saturated carbocycles. The van der Waals surface area contributed by atoms with Gasteiger partial charge in [-0.1, -0.05) is 6.07 Å². The summed E-state index contributed by atoms with van der Waals surface area (Å²) in [5.74, 6) is -1.24. The van der Waals surface area contributed by atoms with Gasteiger partial charge in [-0.15, -0.1) is 0 Å². The molecule has 10 rings (SSSR count). The molecule has 8 aromatic rings. The highest BCUT2D eigenvalue weighted by Crippen LogP contribution is 2.34. The summed E-state index contributed by atoms with van der Waals surface area (Å²) in [6.07, 6.45) is 9.77. The van der Waals surface area contributed by atoms with Crippen LogP contribution in [-0.4, -0.2) is 77.1 Å². The van der Waals surface area contributed by atoms with Crippen molar-refractivity contribution in [3.8, 4) is 33.8 Å². The van der Waals surface area contributed by atoms with Gasteiger partial charge in [0.2, 0.25) is 11.9 Å². The molecule has 2 aliphatic rings. The van der Waals surface area contributed by atoms with E-state index >= 15 is 4.39 Å². The lowest BCUT2D eigenvalue weighted by Crippen LogP contribution is -2.23. The van der Waals surface area contributed by atoms with Crippen LogP contribution in [0.5, 0.6) is 11.5 Å². The smallest absolute Gasteiger partial charge is 0.256 e. The van der Waals surface area contributed by atoms with E-state index in [1.807, 2.05) is 30.5 Å². The first-order valence-corrected chi connectivity index (χ1v) is 20.4. The number of imidazole rings is 2. The lowest BCUT2D eigenvalue weighted by Gasteiger charge is -2.14. The summed E-state index contributed by atoms with van der Waals surface area (Å²) in [6, 6.07) is 10.7.